The van der Waals surface area contributed by atoms with Gasteiger partial charge in [0.2, 0.25) is 5.91 Å². The number of carbonyl (C=O) groups excluding carboxylic acids is 1. The molecule has 3 rings (SSSR count). The number of piperazine rings is 1. The van der Waals surface area contributed by atoms with Gasteiger partial charge in [0.25, 0.3) is 0 Å². The van der Waals surface area contributed by atoms with Gasteiger partial charge in [-0.25, -0.2) is 0 Å². The molecular formula is C22H29N3O2. The van der Waals surface area contributed by atoms with Gasteiger partial charge >= 0.3 is 0 Å². The Kier molecular flexibility index (Phi) is 6.01. The van der Waals surface area contributed by atoms with E-state index in [1.54, 1.807) is 6.07 Å². The van der Waals surface area contributed by atoms with Crippen molar-refractivity contribution >= 4 is 17.3 Å². The summed E-state index contributed by atoms with van der Waals surface area (Å²) in [6.07, 6.45) is 0. The molecule has 2 aromatic carbocycles. The first-order chi connectivity index (χ1) is 13.0. The maximum Gasteiger partial charge on any atom is 0.241 e. The third kappa shape index (κ3) is 4.42. The Bertz CT molecular complexity index is 783. The highest BCUT2D eigenvalue weighted by Crippen LogP contribution is 2.28. The lowest BCUT2D eigenvalue weighted by atomic mass is 10.0. The van der Waals surface area contributed by atoms with Gasteiger partial charge in [-0.3, -0.25) is 9.69 Å². The van der Waals surface area contributed by atoms with Crippen LogP contribution in [0.5, 0.6) is 5.75 Å². The molecule has 27 heavy (non-hydrogen) atoms. The third-order valence-electron chi connectivity index (χ3n) is 5.30. The van der Waals surface area contributed by atoms with E-state index in [9.17, 15) is 9.90 Å². The van der Waals surface area contributed by atoms with E-state index >= 15 is 0 Å². The van der Waals surface area contributed by atoms with E-state index in [0.29, 0.717) is 11.7 Å². The van der Waals surface area contributed by atoms with Crippen molar-refractivity contribution < 1.29 is 9.90 Å². The molecule has 1 amide bonds. The zero-order valence-electron chi connectivity index (χ0n) is 16.4. The van der Waals surface area contributed by atoms with E-state index in [0.717, 1.165) is 43.1 Å². The number of amides is 1. The van der Waals surface area contributed by atoms with Gasteiger partial charge in [0.1, 0.15) is 5.75 Å². The molecule has 1 atom stereocenters. The molecule has 1 saturated heterocycles. The standard InChI is InChI=1S/C22H29N3O2/c1-16(2)18-8-4-5-9-19(18)23-22(27)17(3)24-12-14-25(15-13-24)20-10-6-7-11-21(20)26/h4-11,16-17,26H,12-15H2,1-3H3,(H,23,27)/t17-/m1/s1. The summed E-state index contributed by atoms with van der Waals surface area (Å²) < 4.78 is 0. The Hall–Kier alpha value is -2.53. The molecule has 0 saturated carbocycles. The normalized spacial score (nSPS) is 16.4. The van der Waals surface area contributed by atoms with E-state index in [1.807, 2.05) is 43.3 Å². The summed E-state index contributed by atoms with van der Waals surface area (Å²) in [6.45, 7) is 9.38. The fraction of sp³-hybridized carbons (Fsp3) is 0.409. The molecule has 5 heteroatoms. The third-order valence-corrected chi connectivity index (χ3v) is 5.30. The maximum absolute atomic E-state index is 12.8. The Morgan fingerprint density at radius 3 is 2.26 bits per heavy atom. The second-order valence-electron chi connectivity index (χ2n) is 7.42. The number of phenols is 1. The molecule has 0 aromatic heterocycles. The predicted octanol–water partition coefficient (Wildman–Crippen LogP) is 3.66. The van der Waals surface area contributed by atoms with Crippen LogP contribution in [0.25, 0.3) is 0 Å². The van der Waals surface area contributed by atoms with Crippen LogP contribution in [0.2, 0.25) is 0 Å². The highest BCUT2D eigenvalue weighted by Gasteiger charge is 2.26. The number of hydrogen-bond donors (Lipinski definition) is 2. The lowest BCUT2D eigenvalue weighted by Gasteiger charge is -2.38. The Morgan fingerprint density at radius 2 is 1.59 bits per heavy atom. The van der Waals surface area contributed by atoms with Gasteiger partial charge in [-0.05, 0) is 36.6 Å². The molecule has 1 fully saturated rings. The van der Waals surface area contributed by atoms with Crippen molar-refractivity contribution in [2.24, 2.45) is 0 Å². The number of phenolic OH excluding ortho intramolecular Hbond substituents is 1. The van der Waals surface area contributed by atoms with Gasteiger partial charge in [0.15, 0.2) is 0 Å². The van der Waals surface area contributed by atoms with Gasteiger partial charge in [-0.1, -0.05) is 44.2 Å². The molecule has 0 unspecified atom stereocenters. The zero-order chi connectivity index (χ0) is 19.4. The molecule has 0 aliphatic carbocycles. The van der Waals surface area contributed by atoms with E-state index in [-0.39, 0.29) is 11.9 Å². The van der Waals surface area contributed by atoms with Gasteiger partial charge < -0.3 is 15.3 Å². The number of aromatic hydroxyl groups is 1. The molecule has 0 radical (unpaired) electrons. The Balaban J connectivity index is 1.60. The monoisotopic (exact) mass is 367 g/mol. The second kappa shape index (κ2) is 8.44. The van der Waals surface area contributed by atoms with Crippen LogP contribution in [0.1, 0.15) is 32.3 Å². The smallest absolute Gasteiger partial charge is 0.241 e. The predicted molar refractivity (Wildman–Crippen MR) is 111 cm³/mol. The van der Waals surface area contributed by atoms with Gasteiger partial charge in [0.05, 0.1) is 11.7 Å². The number of hydrogen-bond acceptors (Lipinski definition) is 4. The summed E-state index contributed by atoms with van der Waals surface area (Å²) in [4.78, 5) is 17.2. The molecule has 1 heterocycles. The number of rotatable bonds is 5. The highest BCUT2D eigenvalue weighted by atomic mass is 16.3. The molecule has 1 aliphatic heterocycles. The lowest BCUT2D eigenvalue weighted by molar-refractivity contribution is -0.120. The minimum Gasteiger partial charge on any atom is -0.506 e. The fourth-order valence-electron chi connectivity index (χ4n) is 3.60. The zero-order valence-corrected chi connectivity index (χ0v) is 16.4. The van der Waals surface area contributed by atoms with Gasteiger partial charge in [-0.15, -0.1) is 0 Å². The Labute approximate surface area is 161 Å². The summed E-state index contributed by atoms with van der Waals surface area (Å²) in [7, 11) is 0. The number of anilines is 2. The summed E-state index contributed by atoms with van der Waals surface area (Å²) in [5.41, 5.74) is 2.92. The van der Waals surface area contributed by atoms with Crippen molar-refractivity contribution in [3.05, 3.63) is 54.1 Å². The molecule has 1 aliphatic rings. The van der Waals surface area contributed by atoms with Crippen LogP contribution in [0.4, 0.5) is 11.4 Å². The Morgan fingerprint density at radius 1 is 0.963 bits per heavy atom. The summed E-state index contributed by atoms with van der Waals surface area (Å²) in [5.74, 6) is 0.694. The second-order valence-corrected chi connectivity index (χ2v) is 7.42. The summed E-state index contributed by atoms with van der Waals surface area (Å²) in [5, 5.41) is 13.1. The summed E-state index contributed by atoms with van der Waals surface area (Å²) in [6, 6.07) is 15.2. The molecule has 0 spiro atoms. The fourth-order valence-corrected chi connectivity index (χ4v) is 3.60. The molecule has 144 valence electrons. The van der Waals surface area contributed by atoms with Crippen molar-refractivity contribution in [3.8, 4) is 5.75 Å². The number of nitrogens with zero attached hydrogens (tertiary/aromatic N) is 2. The highest BCUT2D eigenvalue weighted by molar-refractivity contribution is 5.95. The van der Waals surface area contributed by atoms with Gasteiger partial charge in [0, 0.05) is 31.9 Å². The number of nitrogens with one attached hydrogen (secondary N) is 1. The summed E-state index contributed by atoms with van der Waals surface area (Å²) >= 11 is 0. The first kappa shape index (κ1) is 19.2. The van der Waals surface area contributed by atoms with E-state index in [4.69, 9.17) is 0 Å². The quantitative estimate of drug-likeness (QED) is 0.847. The molecule has 0 bridgehead atoms. The van der Waals surface area contributed by atoms with Crippen LogP contribution >= 0.6 is 0 Å². The van der Waals surface area contributed by atoms with Gasteiger partial charge in [-0.2, -0.15) is 0 Å². The number of para-hydroxylation sites is 3. The van der Waals surface area contributed by atoms with Crippen LogP contribution in [0.15, 0.2) is 48.5 Å². The molecule has 2 aromatic rings. The van der Waals surface area contributed by atoms with E-state index in [1.165, 1.54) is 0 Å². The first-order valence-electron chi connectivity index (χ1n) is 9.64. The van der Waals surface area contributed by atoms with Crippen LogP contribution in [0, 0.1) is 0 Å². The van der Waals surface area contributed by atoms with Crippen molar-refractivity contribution in [2.45, 2.75) is 32.7 Å². The lowest BCUT2D eigenvalue weighted by Crippen LogP contribution is -2.52. The average Bonchev–Trinajstić information content (AvgIpc) is 2.68. The minimum absolute atomic E-state index is 0.0270. The van der Waals surface area contributed by atoms with Crippen LogP contribution < -0.4 is 10.2 Å². The molecular weight excluding hydrogens is 338 g/mol. The van der Waals surface area contributed by atoms with Crippen molar-refractivity contribution in [1.82, 2.24) is 4.90 Å². The number of carbonyl (C=O) groups is 1. The maximum atomic E-state index is 12.8. The van der Waals surface area contributed by atoms with Crippen LogP contribution in [-0.2, 0) is 4.79 Å². The van der Waals surface area contributed by atoms with Crippen LogP contribution in [0.3, 0.4) is 0 Å². The SMILES string of the molecule is CC(C)c1ccccc1NC(=O)[C@@H](C)N1CCN(c2ccccc2O)CC1. The van der Waals surface area contributed by atoms with Crippen LogP contribution in [-0.4, -0.2) is 48.1 Å². The molecule has 2 N–H and O–H groups in total. The topological polar surface area (TPSA) is 55.8 Å². The average molecular weight is 367 g/mol. The van der Waals surface area contributed by atoms with Crippen molar-refractivity contribution in [3.63, 3.8) is 0 Å². The minimum atomic E-state index is -0.197. The number of benzene rings is 2. The van der Waals surface area contributed by atoms with Crippen molar-refractivity contribution in [2.75, 3.05) is 36.4 Å². The molecule has 5 nitrogen and oxygen atoms in total. The van der Waals surface area contributed by atoms with E-state index in [2.05, 4.69) is 35.0 Å². The van der Waals surface area contributed by atoms with E-state index < -0.39 is 0 Å². The van der Waals surface area contributed by atoms with Crippen molar-refractivity contribution in [1.29, 1.82) is 0 Å². The first-order valence-corrected chi connectivity index (χ1v) is 9.64. The largest absolute Gasteiger partial charge is 0.506 e.